The second kappa shape index (κ2) is 5.05. The molecule has 0 aliphatic rings. The van der Waals surface area contributed by atoms with Crippen molar-refractivity contribution in [3.63, 3.8) is 0 Å². The lowest BCUT2D eigenvalue weighted by atomic mass is 10.3. The SMILES string of the molecule is O=CCNN(C=O)c1ccccc1. The maximum absolute atomic E-state index is 10.6. The smallest absolute Gasteiger partial charge is 0.228 e. The monoisotopic (exact) mass is 178 g/mol. The van der Waals surface area contributed by atoms with E-state index in [9.17, 15) is 9.59 Å². The lowest BCUT2D eigenvalue weighted by Gasteiger charge is -2.16. The number of benzene rings is 1. The van der Waals surface area contributed by atoms with E-state index in [0.717, 1.165) is 0 Å². The second-order valence-corrected chi connectivity index (χ2v) is 2.34. The molecule has 0 fully saturated rings. The Kier molecular flexibility index (Phi) is 3.66. The van der Waals surface area contributed by atoms with Gasteiger partial charge in [0.1, 0.15) is 6.29 Å². The summed E-state index contributed by atoms with van der Waals surface area (Å²) >= 11 is 0. The molecule has 1 aromatic carbocycles. The zero-order valence-corrected chi connectivity index (χ0v) is 7.01. The molecular formula is C9H10N2O2. The molecule has 1 aromatic rings. The van der Waals surface area contributed by atoms with Gasteiger partial charge in [-0.25, -0.2) is 10.4 Å². The van der Waals surface area contributed by atoms with E-state index in [2.05, 4.69) is 5.43 Å². The van der Waals surface area contributed by atoms with Crippen LogP contribution in [0.25, 0.3) is 0 Å². The molecule has 0 bridgehead atoms. The summed E-state index contributed by atoms with van der Waals surface area (Å²) in [5.74, 6) is 0. The van der Waals surface area contributed by atoms with E-state index in [1.807, 2.05) is 18.2 Å². The fourth-order valence-electron chi connectivity index (χ4n) is 0.914. The first-order valence-corrected chi connectivity index (χ1v) is 3.85. The molecule has 0 atom stereocenters. The molecule has 4 heteroatoms. The summed E-state index contributed by atoms with van der Waals surface area (Å²) in [6.45, 7) is 0.119. The van der Waals surface area contributed by atoms with Crippen molar-refractivity contribution in [2.24, 2.45) is 0 Å². The van der Waals surface area contributed by atoms with Gasteiger partial charge in [0.05, 0.1) is 12.2 Å². The summed E-state index contributed by atoms with van der Waals surface area (Å²) in [6.07, 6.45) is 1.32. The maximum atomic E-state index is 10.6. The van der Waals surface area contributed by atoms with Gasteiger partial charge in [0.15, 0.2) is 0 Å². The molecular weight excluding hydrogens is 168 g/mol. The van der Waals surface area contributed by atoms with Gasteiger partial charge in [-0.3, -0.25) is 4.79 Å². The Morgan fingerprint density at radius 2 is 1.92 bits per heavy atom. The highest BCUT2D eigenvalue weighted by Crippen LogP contribution is 2.07. The van der Waals surface area contributed by atoms with Crippen LogP contribution in [0.15, 0.2) is 30.3 Å². The van der Waals surface area contributed by atoms with Crippen molar-refractivity contribution in [1.82, 2.24) is 5.43 Å². The largest absolute Gasteiger partial charge is 0.302 e. The zero-order chi connectivity index (χ0) is 9.52. The summed E-state index contributed by atoms with van der Waals surface area (Å²) < 4.78 is 0. The summed E-state index contributed by atoms with van der Waals surface area (Å²) in [5, 5.41) is 1.26. The van der Waals surface area contributed by atoms with Gasteiger partial charge in [-0.2, -0.15) is 0 Å². The Hall–Kier alpha value is -1.68. The lowest BCUT2D eigenvalue weighted by Crippen LogP contribution is -2.37. The number of nitrogens with zero attached hydrogens (tertiary/aromatic N) is 1. The molecule has 68 valence electrons. The van der Waals surface area contributed by atoms with Crippen molar-refractivity contribution >= 4 is 18.4 Å². The van der Waals surface area contributed by atoms with E-state index in [-0.39, 0.29) is 6.54 Å². The van der Waals surface area contributed by atoms with Gasteiger partial charge in [0.2, 0.25) is 6.41 Å². The van der Waals surface area contributed by atoms with Gasteiger partial charge >= 0.3 is 0 Å². The Labute approximate surface area is 76.1 Å². The summed E-state index contributed by atoms with van der Waals surface area (Å²) in [7, 11) is 0. The van der Waals surface area contributed by atoms with E-state index >= 15 is 0 Å². The first-order valence-electron chi connectivity index (χ1n) is 3.85. The predicted molar refractivity (Wildman–Crippen MR) is 49.1 cm³/mol. The number of rotatable bonds is 5. The van der Waals surface area contributed by atoms with Gasteiger partial charge in [-0.15, -0.1) is 0 Å². The molecule has 0 aromatic heterocycles. The number of nitrogens with one attached hydrogen (secondary N) is 1. The fraction of sp³-hybridized carbons (Fsp3) is 0.111. The van der Waals surface area contributed by atoms with E-state index < -0.39 is 0 Å². The quantitative estimate of drug-likeness (QED) is 0.523. The van der Waals surface area contributed by atoms with E-state index in [1.54, 1.807) is 12.1 Å². The molecule has 0 unspecified atom stereocenters. The minimum atomic E-state index is 0.119. The van der Waals surface area contributed by atoms with E-state index in [1.165, 1.54) is 5.01 Å². The number of hydrazine groups is 1. The minimum Gasteiger partial charge on any atom is -0.302 e. The van der Waals surface area contributed by atoms with Crippen LogP contribution in [0.3, 0.4) is 0 Å². The summed E-state index contributed by atoms with van der Waals surface area (Å²) in [6, 6.07) is 9.02. The van der Waals surface area contributed by atoms with Crippen LogP contribution in [0.1, 0.15) is 0 Å². The van der Waals surface area contributed by atoms with Crippen LogP contribution in [0.2, 0.25) is 0 Å². The third-order valence-corrected chi connectivity index (χ3v) is 1.48. The number of amides is 1. The molecule has 0 saturated carbocycles. The highest BCUT2D eigenvalue weighted by atomic mass is 16.1. The standard InChI is InChI=1S/C9H10N2O2/c12-7-6-10-11(8-13)9-4-2-1-3-5-9/h1-5,7-8,10H,6H2. The highest BCUT2D eigenvalue weighted by Gasteiger charge is 2.01. The first-order chi connectivity index (χ1) is 6.38. The minimum absolute atomic E-state index is 0.119. The van der Waals surface area contributed by atoms with Crippen molar-refractivity contribution in [2.75, 3.05) is 11.6 Å². The van der Waals surface area contributed by atoms with Crippen LogP contribution < -0.4 is 10.4 Å². The molecule has 4 nitrogen and oxygen atoms in total. The number of hydrogen-bond acceptors (Lipinski definition) is 3. The molecule has 1 rings (SSSR count). The van der Waals surface area contributed by atoms with Gasteiger partial charge in [-0.05, 0) is 12.1 Å². The molecule has 0 heterocycles. The summed E-state index contributed by atoms with van der Waals surface area (Å²) in [5.41, 5.74) is 3.34. The number of aldehydes is 1. The molecule has 1 amide bonds. The van der Waals surface area contributed by atoms with Gasteiger partial charge in [0, 0.05) is 0 Å². The van der Waals surface area contributed by atoms with Crippen LogP contribution in [0, 0.1) is 0 Å². The van der Waals surface area contributed by atoms with Crippen LogP contribution in [0.5, 0.6) is 0 Å². The Morgan fingerprint density at radius 3 is 2.46 bits per heavy atom. The summed E-state index contributed by atoms with van der Waals surface area (Å²) in [4.78, 5) is 20.6. The highest BCUT2D eigenvalue weighted by molar-refractivity contribution is 5.74. The van der Waals surface area contributed by atoms with Crippen molar-refractivity contribution < 1.29 is 9.59 Å². The third-order valence-electron chi connectivity index (χ3n) is 1.48. The first kappa shape index (κ1) is 9.41. The number of para-hydroxylation sites is 1. The number of anilines is 1. The number of hydrogen-bond donors (Lipinski definition) is 1. The molecule has 13 heavy (non-hydrogen) atoms. The van der Waals surface area contributed by atoms with Gasteiger partial charge < -0.3 is 4.79 Å². The maximum Gasteiger partial charge on any atom is 0.228 e. The van der Waals surface area contributed by atoms with Crippen LogP contribution in [-0.2, 0) is 9.59 Å². The molecule has 0 aliphatic heterocycles. The molecule has 1 N–H and O–H groups in total. The topological polar surface area (TPSA) is 49.4 Å². The van der Waals surface area contributed by atoms with Crippen molar-refractivity contribution in [3.8, 4) is 0 Å². The van der Waals surface area contributed by atoms with Crippen molar-refractivity contribution in [1.29, 1.82) is 0 Å². The molecule has 0 aliphatic carbocycles. The van der Waals surface area contributed by atoms with Crippen LogP contribution >= 0.6 is 0 Å². The Bertz CT molecular complexity index is 274. The van der Waals surface area contributed by atoms with Crippen molar-refractivity contribution in [2.45, 2.75) is 0 Å². The third kappa shape index (κ3) is 2.68. The predicted octanol–water partition coefficient (Wildman–Crippen LogP) is 0.353. The molecule has 0 radical (unpaired) electrons. The van der Waals surface area contributed by atoms with Crippen LogP contribution in [-0.4, -0.2) is 19.2 Å². The van der Waals surface area contributed by atoms with Crippen LogP contribution in [0.4, 0.5) is 5.69 Å². The average molecular weight is 178 g/mol. The Morgan fingerprint density at radius 1 is 1.23 bits per heavy atom. The van der Waals surface area contributed by atoms with Gasteiger partial charge in [-0.1, -0.05) is 18.2 Å². The fourth-order valence-corrected chi connectivity index (χ4v) is 0.914. The van der Waals surface area contributed by atoms with E-state index in [4.69, 9.17) is 0 Å². The second-order valence-electron chi connectivity index (χ2n) is 2.34. The number of carbonyl (C=O) groups excluding carboxylic acids is 2. The molecule has 0 saturated heterocycles. The average Bonchev–Trinajstić information content (AvgIpc) is 2.21. The molecule has 0 spiro atoms. The van der Waals surface area contributed by atoms with Crippen molar-refractivity contribution in [3.05, 3.63) is 30.3 Å². The Balaban J connectivity index is 2.66. The lowest BCUT2D eigenvalue weighted by molar-refractivity contribution is -0.108. The zero-order valence-electron chi connectivity index (χ0n) is 7.01. The number of carbonyl (C=O) groups is 2. The normalized spacial score (nSPS) is 9.23. The van der Waals surface area contributed by atoms with Gasteiger partial charge in [0.25, 0.3) is 0 Å². The van der Waals surface area contributed by atoms with E-state index in [0.29, 0.717) is 18.4 Å².